The minimum absolute atomic E-state index is 0.000372. The molecule has 32 heavy (non-hydrogen) atoms. The van der Waals surface area contributed by atoms with Crippen LogP contribution >= 0.6 is 11.6 Å². The fraction of sp³-hybridized carbons (Fsp3) is 0.120. The second-order valence-electron chi connectivity index (χ2n) is 7.29. The second-order valence-corrected chi connectivity index (χ2v) is 7.69. The Hall–Kier alpha value is -3.77. The molecule has 1 aliphatic heterocycles. The predicted octanol–water partition coefficient (Wildman–Crippen LogP) is 4.70. The third kappa shape index (κ3) is 4.45. The van der Waals surface area contributed by atoms with Crippen molar-refractivity contribution in [2.45, 2.75) is 13.5 Å². The maximum atomic E-state index is 12.8. The summed E-state index contributed by atoms with van der Waals surface area (Å²) in [6, 6.07) is 20.2. The van der Waals surface area contributed by atoms with Crippen molar-refractivity contribution < 1.29 is 19.1 Å². The van der Waals surface area contributed by atoms with Gasteiger partial charge >= 0.3 is 0 Å². The molecule has 0 atom stereocenters. The van der Waals surface area contributed by atoms with Crippen LogP contribution < -0.4 is 19.9 Å². The largest absolute Gasteiger partial charge is 0.493 e. The van der Waals surface area contributed by atoms with E-state index in [4.69, 9.17) is 21.1 Å². The van der Waals surface area contributed by atoms with Gasteiger partial charge in [-0.2, -0.15) is 0 Å². The Morgan fingerprint density at radius 1 is 1.03 bits per heavy atom. The molecule has 6 nitrogen and oxygen atoms in total. The first-order valence-electron chi connectivity index (χ1n) is 9.94. The zero-order valence-corrected chi connectivity index (χ0v) is 18.3. The number of hydrogen-bond acceptors (Lipinski definition) is 4. The number of ether oxygens (including phenoxy) is 2. The maximum absolute atomic E-state index is 12.8. The van der Waals surface area contributed by atoms with Gasteiger partial charge in [0.1, 0.15) is 12.2 Å². The highest BCUT2D eigenvalue weighted by Gasteiger charge is 2.34. The Morgan fingerprint density at radius 2 is 1.81 bits per heavy atom. The number of hydrazine groups is 1. The summed E-state index contributed by atoms with van der Waals surface area (Å²) in [5.41, 5.74) is 5.83. The van der Waals surface area contributed by atoms with Gasteiger partial charge in [0.15, 0.2) is 11.5 Å². The molecule has 7 heteroatoms. The van der Waals surface area contributed by atoms with Gasteiger partial charge in [-0.15, -0.1) is 0 Å². The topological polar surface area (TPSA) is 67.9 Å². The second kappa shape index (κ2) is 9.16. The van der Waals surface area contributed by atoms with Crippen LogP contribution in [0.5, 0.6) is 11.5 Å². The van der Waals surface area contributed by atoms with Gasteiger partial charge < -0.3 is 9.47 Å². The number of nitrogens with one attached hydrogen (secondary N) is 1. The van der Waals surface area contributed by atoms with Gasteiger partial charge in [-0.1, -0.05) is 59.6 Å². The van der Waals surface area contributed by atoms with E-state index in [0.717, 1.165) is 11.1 Å². The minimum Gasteiger partial charge on any atom is -0.493 e. The van der Waals surface area contributed by atoms with Crippen LogP contribution in [0.4, 0.5) is 5.69 Å². The highest BCUT2D eigenvalue weighted by Crippen LogP contribution is 2.38. The van der Waals surface area contributed by atoms with E-state index in [1.165, 1.54) is 18.2 Å². The lowest BCUT2D eigenvalue weighted by Gasteiger charge is -2.14. The first-order chi connectivity index (χ1) is 15.5. The summed E-state index contributed by atoms with van der Waals surface area (Å²) in [6.45, 7) is 2.34. The van der Waals surface area contributed by atoms with E-state index in [-0.39, 0.29) is 5.57 Å². The molecule has 1 N–H and O–H groups in total. The number of nitrogens with zero attached hydrogens (tertiary/aromatic N) is 1. The normalized spacial score (nSPS) is 14.6. The summed E-state index contributed by atoms with van der Waals surface area (Å²) in [7, 11) is 1.51. The first kappa shape index (κ1) is 21.5. The number of hydrogen-bond donors (Lipinski definition) is 1. The van der Waals surface area contributed by atoms with Crippen LogP contribution in [0.3, 0.4) is 0 Å². The van der Waals surface area contributed by atoms with E-state index in [9.17, 15) is 9.59 Å². The third-order valence-electron chi connectivity index (χ3n) is 4.93. The molecule has 162 valence electrons. The number of para-hydroxylation sites is 1. The summed E-state index contributed by atoms with van der Waals surface area (Å²) in [6.07, 6.45) is 1.49. The van der Waals surface area contributed by atoms with E-state index >= 15 is 0 Å². The Morgan fingerprint density at radius 3 is 2.53 bits per heavy atom. The molecule has 2 amide bonds. The maximum Gasteiger partial charge on any atom is 0.282 e. The van der Waals surface area contributed by atoms with Gasteiger partial charge in [0, 0.05) is 0 Å². The molecule has 0 unspecified atom stereocenters. The quantitative estimate of drug-likeness (QED) is 0.438. The molecule has 4 rings (SSSR count). The number of carbonyl (C=O) groups is 2. The van der Waals surface area contributed by atoms with Gasteiger partial charge in [-0.3, -0.25) is 15.0 Å². The van der Waals surface area contributed by atoms with Crippen LogP contribution in [0.25, 0.3) is 6.08 Å². The van der Waals surface area contributed by atoms with Crippen LogP contribution in [0.15, 0.2) is 72.3 Å². The Kier molecular flexibility index (Phi) is 6.14. The molecular weight excluding hydrogens is 428 g/mol. The number of benzene rings is 3. The number of amides is 2. The van der Waals surface area contributed by atoms with Crippen LogP contribution in [0.1, 0.15) is 16.7 Å². The Bertz CT molecular complexity index is 1210. The third-order valence-corrected chi connectivity index (χ3v) is 5.22. The lowest BCUT2D eigenvalue weighted by atomic mass is 10.1. The molecule has 0 spiro atoms. The van der Waals surface area contributed by atoms with Gasteiger partial charge in [0.05, 0.1) is 17.8 Å². The molecule has 0 radical (unpaired) electrons. The van der Waals surface area contributed by atoms with E-state index in [2.05, 4.69) is 5.43 Å². The molecule has 0 saturated carbocycles. The predicted molar refractivity (Wildman–Crippen MR) is 124 cm³/mol. The van der Waals surface area contributed by atoms with Gasteiger partial charge in [-0.25, -0.2) is 5.01 Å². The Labute approximate surface area is 191 Å². The van der Waals surface area contributed by atoms with Gasteiger partial charge in [0.25, 0.3) is 11.8 Å². The number of rotatable bonds is 6. The van der Waals surface area contributed by atoms with Crippen molar-refractivity contribution >= 4 is 35.2 Å². The SMILES string of the molecule is COc1cc(/C=C2\C(=O)NN(c3ccccc3)C2=O)cc(Cl)c1OCc1cccc(C)c1. The van der Waals surface area contributed by atoms with Crippen molar-refractivity contribution in [1.82, 2.24) is 5.43 Å². The van der Waals surface area contributed by atoms with Gasteiger partial charge in [0.2, 0.25) is 0 Å². The fourth-order valence-electron chi connectivity index (χ4n) is 3.40. The number of anilines is 1. The van der Waals surface area contributed by atoms with Crippen molar-refractivity contribution in [1.29, 1.82) is 0 Å². The monoisotopic (exact) mass is 448 g/mol. The van der Waals surface area contributed by atoms with E-state index in [1.54, 1.807) is 36.4 Å². The van der Waals surface area contributed by atoms with Crippen LogP contribution in [-0.4, -0.2) is 18.9 Å². The molecule has 1 fully saturated rings. The molecule has 0 aromatic heterocycles. The standard InChI is InChI=1S/C25H21ClN2O4/c1-16-7-6-8-17(11-16)15-32-23-21(26)13-18(14-22(23)31-2)12-20-24(29)27-28(25(20)30)19-9-4-3-5-10-19/h3-14H,15H2,1-2H3,(H,27,29)/b20-12+. The molecule has 0 bridgehead atoms. The summed E-state index contributed by atoms with van der Waals surface area (Å²) in [5, 5.41) is 1.53. The molecule has 1 heterocycles. The first-order valence-corrected chi connectivity index (χ1v) is 10.3. The lowest BCUT2D eigenvalue weighted by molar-refractivity contribution is -0.117. The Balaban J connectivity index is 1.59. The number of methoxy groups -OCH3 is 1. The summed E-state index contributed by atoms with van der Waals surface area (Å²) in [5.74, 6) is -0.140. The van der Waals surface area contributed by atoms with Crippen LogP contribution in [-0.2, 0) is 16.2 Å². The zero-order chi connectivity index (χ0) is 22.7. The van der Waals surface area contributed by atoms with E-state index in [1.807, 2.05) is 37.3 Å². The summed E-state index contributed by atoms with van der Waals surface area (Å²) < 4.78 is 11.4. The number of carbonyl (C=O) groups excluding carboxylic acids is 2. The average molecular weight is 449 g/mol. The molecule has 1 aliphatic rings. The van der Waals surface area contributed by atoms with Crippen molar-refractivity contribution in [3.05, 3.63) is 94.0 Å². The highest BCUT2D eigenvalue weighted by molar-refractivity contribution is 6.33. The highest BCUT2D eigenvalue weighted by atomic mass is 35.5. The summed E-state index contributed by atoms with van der Waals surface area (Å²) >= 11 is 6.46. The van der Waals surface area contributed by atoms with Crippen molar-refractivity contribution in [3.8, 4) is 11.5 Å². The van der Waals surface area contributed by atoms with Crippen molar-refractivity contribution in [3.63, 3.8) is 0 Å². The van der Waals surface area contributed by atoms with Gasteiger partial charge in [-0.05, 0) is 48.4 Å². The summed E-state index contributed by atoms with van der Waals surface area (Å²) in [4.78, 5) is 25.2. The molecule has 3 aromatic rings. The average Bonchev–Trinajstić information content (AvgIpc) is 3.07. The number of halogens is 1. The fourth-order valence-corrected chi connectivity index (χ4v) is 3.68. The van der Waals surface area contributed by atoms with Crippen LogP contribution in [0, 0.1) is 6.92 Å². The van der Waals surface area contributed by atoms with E-state index < -0.39 is 11.8 Å². The smallest absolute Gasteiger partial charge is 0.282 e. The molecule has 1 saturated heterocycles. The molecule has 3 aromatic carbocycles. The van der Waals surface area contributed by atoms with E-state index in [0.29, 0.717) is 34.4 Å². The lowest BCUT2D eigenvalue weighted by Crippen LogP contribution is -2.35. The molecular formula is C25H21ClN2O4. The molecule has 0 aliphatic carbocycles. The minimum atomic E-state index is -0.492. The zero-order valence-electron chi connectivity index (χ0n) is 17.6. The number of aryl methyl sites for hydroxylation is 1. The van der Waals surface area contributed by atoms with Crippen LogP contribution in [0.2, 0.25) is 5.02 Å². The van der Waals surface area contributed by atoms with Crippen molar-refractivity contribution in [2.75, 3.05) is 12.1 Å². The van der Waals surface area contributed by atoms with Crippen molar-refractivity contribution in [2.24, 2.45) is 0 Å².